The molecule has 0 aliphatic carbocycles. The minimum absolute atomic E-state index is 0.162. The fourth-order valence-corrected chi connectivity index (χ4v) is 4.20. The Morgan fingerprint density at radius 1 is 0.893 bits per heavy atom. The molecule has 0 aliphatic rings. The Balaban J connectivity index is 2.12. The van der Waals surface area contributed by atoms with Crippen LogP contribution < -0.4 is 9.62 Å². The SMILES string of the molecule is CN(C)c1cccc2c(S(=O)(=O)Nc3cccc(C(F)(F)F)c3F)cccc12. The number of rotatable bonds is 4. The maximum absolute atomic E-state index is 14.2. The zero-order valence-electron chi connectivity index (χ0n) is 14.9. The van der Waals surface area contributed by atoms with Gasteiger partial charge in [-0.25, -0.2) is 12.8 Å². The predicted molar refractivity (Wildman–Crippen MR) is 100 cm³/mol. The normalized spacial score (nSPS) is 12.2. The molecule has 0 saturated carbocycles. The van der Waals surface area contributed by atoms with E-state index < -0.39 is 33.3 Å². The molecule has 3 aromatic rings. The number of fused-ring (bicyclic) bond motifs is 1. The third-order valence-corrected chi connectivity index (χ3v) is 5.60. The second kappa shape index (κ2) is 6.97. The number of nitrogens with one attached hydrogen (secondary N) is 1. The maximum atomic E-state index is 14.2. The van der Waals surface area contributed by atoms with Gasteiger partial charge >= 0.3 is 6.18 Å². The predicted octanol–water partition coefficient (Wildman–Crippen LogP) is 4.86. The van der Waals surface area contributed by atoms with E-state index in [-0.39, 0.29) is 4.90 Å². The number of nitrogens with zero attached hydrogens (tertiary/aromatic N) is 1. The molecule has 28 heavy (non-hydrogen) atoms. The summed E-state index contributed by atoms with van der Waals surface area (Å²) in [6.45, 7) is 0. The van der Waals surface area contributed by atoms with E-state index in [4.69, 9.17) is 0 Å². The van der Waals surface area contributed by atoms with E-state index in [1.165, 1.54) is 12.1 Å². The molecule has 148 valence electrons. The van der Waals surface area contributed by atoms with Crippen LogP contribution in [0.5, 0.6) is 0 Å². The van der Waals surface area contributed by atoms with E-state index in [0.717, 1.165) is 17.8 Å². The van der Waals surface area contributed by atoms with Gasteiger partial charge in [-0.2, -0.15) is 13.2 Å². The first-order valence-corrected chi connectivity index (χ1v) is 9.58. The van der Waals surface area contributed by atoms with Gasteiger partial charge in [0.05, 0.1) is 16.1 Å². The number of anilines is 2. The van der Waals surface area contributed by atoms with Crippen LogP contribution in [0.1, 0.15) is 5.56 Å². The minimum atomic E-state index is -4.94. The summed E-state index contributed by atoms with van der Waals surface area (Å²) in [7, 11) is -0.747. The van der Waals surface area contributed by atoms with E-state index in [1.54, 1.807) is 43.3 Å². The molecule has 0 amide bonds. The van der Waals surface area contributed by atoms with E-state index >= 15 is 0 Å². The minimum Gasteiger partial charge on any atom is -0.377 e. The molecule has 4 nitrogen and oxygen atoms in total. The highest BCUT2D eigenvalue weighted by molar-refractivity contribution is 7.93. The van der Waals surface area contributed by atoms with Gasteiger partial charge in [-0.15, -0.1) is 0 Å². The molecule has 0 radical (unpaired) electrons. The summed E-state index contributed by atoms with van der Waals surface area (Å²) >= 11 is 0. The van der Waals surface area contributed by atoms with Crippen molar-refractivity contribution in [1.82, 2.24) is 0 Å². The van der Waals surface area contributed by atoms with Crippen LogP contribution in [-0.4, -0.2) is 22.5 Å². The molecule has 0 heterocycles. The summed E-state index contributed by atoms with van der Waals surface area (Å²) in [6, 6.07) is 12.1. The van der Waals surface area contributed by atoms with Crippen LogP contribution in [0.4, 0.5) is 28.9 Å². The van der Waals surface area contributed by atoms with Crippen molar-refractivity contribution in [2.24, 2.45) is 0 Å². The Labute approximate surface area is 159 Å². The molecule has 0 fully saturated rings. The number of sulfonamides is 1. The van der Waals surface area contributed by atoms with Crippen molar-refractivity contribution < 1.29 is 26.0 Å². The Bertz CT molecular complexity index is 1140. The van der Waals surface area contributed by atoms with Crippen LogP contribution in [0.2, 0.25) is 0 Å². The van der Waals surface area contributed by atoms with Crippen LogP contribution in [0.3, 0.4) is 0 Å². The number of benzene rings is 3. The quantitative estimate of drug-likeness (QED) is 0.623. The van der Waals surface area contributed by atoms with Gasteiger partial charge in [0.1, 0.15) is 0 Å². The van der Waals surface area contributed by atoms with Crippen molar-refractivity contribution in [3.63, 3.8) is 0 Å². The average Bonchev–Trinajstić information content (AvgIpc) is 2.61. The maximum Gasteiger partial charge on any atom is 0.419 e. The molecule has 0 bridgehead atoms. The third kappa shape index (κ3) is 3.62. The average molecular weight is 412 g/mol. The lowest BCUT2D eigenvalue weighted by Crippen LogP contribution is -2.17. The molecule has 1 N–H and O–H groups in total. The first-order chi connectivity index (χ1) is 13.0. The monoisotopic (exact) mass is 412 g/mol. The number of alkyl halides is 3. The number of halogens is 4. The molecule has 0 atom stereocenters. The smallest absolute Gasteiger partial charge is 0.377 e. The van der Waals surface area contributed by atoms with Crippen molar-refractivity contribution in [2.45, 2.75) is 11.1 Å². The molecule has 0 saturated heterocycles. The van der Waals surface area contributed by atoms with E-state index in [2.05, 4.69) is 0 Å². The van der Waals surface area contributed by atoms with Crippen molar-refractivity contribution in [2.75, 3.05) is 23.7 Å². The van der Waals surface area contributed by atoms with Gasteiger partial charge in [0.2, 0.25) is 0 Å². The zero-order valence-corrected chi connectivity index (χ0v) is 15.7. The van der Waals surface area contributed by atoms with Gasteiger partial charge in [-0.05, 0) is 24.3 Å². The molecule has 3 aromatic carbocycles. The largest absolute Gasteiger partial charge is 0.419 e. The fraction of sp³-hybridized carbons (Fsp3) is 0.158. The van der Waals surface area contributed by atoms with E-state index in [0.29, 0.717) is 16.8 Å². The Hall–Kier alpha value is -2.81. The second-order valence-corrected chi connectivity index (χ2v) is 7.94. The third-order valence-electron chi connectivity index (χ3n) is 4.18. The molecule has 0 aromatic heterocycles. The van der Waals surface area contributed by atoms with Crippen LogP contribution >= 0.6 is 0 Å². The summed E-state index contributed by atoms with van der Waals surface area (Å²) in [5.41, 5.74) is -1.55. The van der Waals surface area contributed by atoms with Crippen LogP contribution in [0.25, 0.3) is 10.8 Å². The van der Waals surface area contributed by atoms with Crippen LogP contribution in [-0.2, 0) is 16.2 Å². The summed E-state index contributed by atoms with van der Waals surface area (Å²) in [6.07, 6.45) is -4.94. The molecular formula is C19H16F4N2O2S. The first-order valence-electron chi connectivity index (χ1n) is 8.10. The van der Waals surface area contributed by atoms with Crippen LogP contribution in [0.15, 0.2) is 59.5 Å². The Morgan fingerprint density at radius 3 is 2.14 bits per heavy atom. The lowest BCUT2D eigenvalue weighted by Gasteiger charge is -2.17. The molecule has 0 spiro atoms. The van der Waals surface area contributed by atoms with Gasteiger partial charge < -0.3 is 4.90 Å². The van der Waals surface area contributed by atoms with Crippen molar-refractivity contribution >= 4 is 32.2 Å². The van der Waals surface area contributed by atoms with Gasteiger partial charge in [-0.1, -0.05) is 30.3 Å². The first kappa shape index (κ1) is 19.9. The highest BCUT2D eigenvalue weighted by Crippen LogP contribution is 2.35. The number of hydrogen-bond acceptors (Lipinski definition) is 3. The van der Waals surface area contributed by atoms with E-state index in [1.807, 2.05) is 4.72 Å². The van der Waals surface area contributed by atoms with Crippen LogP contribution in [0, 0.1) is 5.82 Å². The lowest BCUT2D eigenvalue weighted by atomic mass is 10.1. The highest BCUT2D eigenvalue weighted by atomic mass is 32.2. The molecule has 0 unspecified atom stereocenters. The van der Waals surface area contributed by atoms with E-state index in [9.17, 15) is 26.0 Å². The summed E-state index contributed by atoms with van der Waals surface area (Å²) in [5.74, 6) is -1.67. The Morgan fingerprint density at radius 2 is 1.50 bits per heavy atom. The van der Waals surface area contributed by atoms with Crippen molar-refractivity contribution in [1.29, 1.82) is 0 Å². The zero-order chi connectivity index (χ0) is 20.7. The summed E-state index contributed by atoms with van der Waals surface area (Å²) in [4.78, 5) is 1.64. The van der Waals surface area contributed by atoms with Crippen molar-refractivity contribution in [3.05, 3.63) is 66.0 Å². The second-order valence-electron chi connectivity index (χ2n) is 6.29. The molecular weight excluding hydrogens is 396 g/mol. The van der Waals surface area contributed by atoms with Gasteiger partial charge in [0, 0.05) is 30.6 Å². The fourth-order valence-electron chi connectivity index (χ4n) is 2.92. The highest BCUT2D eigenvalue weighted by Gasteiger charge is 2.35. The van der Waals surface area contributed by atoms with Gasteiger partial charge in [0.25, 0.3) is 10.0 Å². The Kier molecular flexibility index (Phi) is 4.97. The summed E-state index contributed by atoms with van der Waals surface area (Å²) < 4.78 is 80.5. The lowest BCUT2D eigenvalue weighted by molar-refractivity contribution is -0.139. The van der Waals surface area contributed by atoms with Crippen molar-refractivity contribution in [3.8, 4) is 0 Å². The molecule has 9 heteroatoms. The standard InChI is InChI=1S/C19H16F4N2O2S/c1-25(2)16-10-3-7-13-12(16)6-4-11-17(13)28(26,27)24-15-9-5-8-14(18(15)20)19(21,22)23/h3-11,24H,1-2H3. The molecule has 3 rings (SSSR count). The molecule has 0 aliphatic heterocycles. The summed E-state index contributed by atoms with van der Waals surface area (Å²) in [5, 5.41) is 1.01. The number of hydrogen-bond donors (Lipinski definition) is 1. The van der Waals surface area contributed by atoms with Gasteiger partial charge in [-0.3, -0.25) is 4.72 Å². The van der Waals surface area contributed by atoms with Gasteiger partial charge in [0.15, 0.2) is 5.82 Å². The topological polar surface area (TPSA) is 49.4 Å².